The molecule has 0 saturated heterocycles. The summed E-state index contributed by atoms with van der Waals surface area (Å²) in [6.07, 6.45) is 4.77. The van der Waals surface area contributed by atoms with Crippen LogP contribution in [0.1, 0.15) is 37.1 Å². The SMILES string of the molecule is CC(CNC(=O)C1CCCC1N)c1nccs1. The lowest BCUT2D eigenvalue weighted by atomic mass is 10.0. The zero-order valence-electron chi connectivity index (χ0n) is 10.1. The zero-order chi connectivity index (χ0) is 12.3. The molecular weight excluding hydrogens is 234 g/mol. The maximum atomic E-state index is 11.9. The molecule has 0 aromatic carbocycles. The summed E-state index contributed by atoms with van der Waals surface area (Å²) in [6, 6.07) is 0.0465. The number of carbonyl (C=O) groups is 1. The molecule has 3 N–H and O–H groups in total. The summed E-state index contributed by atoms with van der Waals surface area (Å²) in [4.78, 5) is 16.2. The van der Waals surface area contributed by atoms with Crippen LogP contribution in [-0.2, 0) is 4.79 Å². The van der Waals surface area contributed by atoms with Gasteiger partial charge >= 0.3 is 0 Å². The number of aromatic nitrogens is 1. The fraction of sp³-hybridized carbons (Fsp3) is 0.667. The minimum atomic E-state index is 0.0125. The van der Waals surface area contributed by atoms with Gasteiger partial charge in [-0.2, -0.15) is 0 Å². The van der Waals surface area contributed by atoms with Crippen molar-refractivity contribution in [3.8, 4) is 0 Å². The molecule has 1 aromatic heterocycles. The fourth-order valence-corrected chi connectivity index (χ4v) is 2.96. The molecular formula is C12H19N3OS. The fourth-order valence-electron chi connectivity index (χ4n) is 2.26. The van der Waals surface area contributed by atoms with E-state index in [9.17, 15) is 4.79 Å². The molecule has 1 amide bonds. The van der Waals surface area contributed by atoms with Crippen molar-refractivity contribution in [3.63, 3.8) is 0 Å². The predicted molar refractivity (Wildman–Crippen MR) is 68.9 cm³/mol. The number of nitrogens with one attached hydrogen (secondary N) is 1. The third-order valence-corrected chi connectivity index (χ3v) is 4.37. The van der Waals surface area contributed by atoms with E-state index in [2.05, 4.69) is 17.2 Å². The lowest BCUT2D eigenvalue weighted by Crippen LogP contribution is -2.39. The van der Waals surface area contributed by atoms with Crippen LogP contribution in [0.25, 0.3) is 0 Å². The molecule has 5 heteroatoms. The highest BCUT2D eigenvalue weighted by Gasteiger charge is 2.30. The molecule has 1 aliphatic carbocycles. The third-order valence-electron chi connectivity index (χ3n) is 3.36. The molecule has 1 fully saturated rings. The largest absolute Gasteiger partial charge is 0.355 e. The molecule has 17 heavy (non-hydrogen) atoms. The van der Waals surface area contributed by atoms with E-state index >= 15 is 0 Å². The Balaban J connectivity index is 1.80. The van der Waals surface area contributed by atoms with Crippen LogP contribution in [-0.4, -0.2) is 23.5 Å². The van der Waals surface area contributed by atoms with Crippen molar-refractivity contribution >= 4 is 17.2 Å². The monoisotopic (exact) mass is 253 g/mol. The number of thiazole rings is 1. The first-order valence-corrected chi connectivity index (χ1v) is 6.99. The van der Waals surface area contributed by atoms with Gasteiger partial charge in [0.1, 0.15) is 0 Å². The number of hydrogen-bond donors (Lipinski definition) is 2. The van der Waals surface area contributed by atoms with Gasteiger partial charge in [-0.05, 0) is 12.8 Å². The lowest BCUT2D eigenvalue weighted by Gasteiger charge is -2.16. The van der Waals surface area contributed by atoms with Gasteiger partial charge in [-0.25, -0.2) is 4.98 Å². The topological polar surface area (TPSA) is 68.0 Å². The smallest absolute Gasteiger partial charge is 0.224 e. The normalized spacial score (nSPS) is 25.8. The average Bonchev–Trinajstić information content (AvgIpc) is 2.95. The highest BCUT2D eigenvalue weighted by molar-refractivity contribution is 7.09. The van der Waals surface area contributed by atoms with Crippen LogP contribution in [0, 0.1) is 5.92 Å². The molecule has 1 aromatic rings. The summed E-state index contributed by atoms with van der Waals surface area (Å²) >= 11 is 1.63. The van der Waals surface area contributed by atoms with Gasteiger partial charge in [-0.3, -0.25) is 4.79 Å². The third kappa shape index (κ3) is 3.04. The van der Waals surface area contributed by atoms with Gasteiger partial charge in [-0.15, -0.1) is 11.3 Å². The van der Waals surface area contributed by atoms with Crippen LogP contribution in [0.5, 0.6) is 0 Å². The Labute approximate surface area is 106 Å². The van der Waals surface area contributed by atoms with E-state index in [1.54, 1.807) is 17.5 Å². The van der Waals surface area contributed by atoms with Gasteiger partial charge in [-0.1, -0.05) is 13.3 Å². The standard InChI is InChI=1S/C12H19N3OS/c1-8(12-14-5-6-17-12)7-15-11(16)9-3-2-4-10(9)13/h5-6,8-10H,2-4,7,13H2,1H3,(H,15,16). The van der Waals surface area contributed by atoms with E-state index in [-0.39, 0.29) is 23.8 Å². The molecule has 1 heterocycles. The minimum Gasteiger partial charge on any atom is -0.355 e. The first-order chi connectivity index (χ1) is 8.18. The minimum absolute atomic E-state index is 0.0125. The Bertz CT molecular complexity index is 366. The number of amides is 1. The number of hydrogen-bond acceptors (Lipinski definition) is 4. The van der Waals surface area contributed by atoms with Crippen LogP contribution in [0.3, 0.4) is 0 Å². The second-order valence-electron chi connectivity index (χ2n) is 4.72. The molecule has 94 valence electrons. The predicted octanol–water partition coefficient (Wildman–Crippen LogP) is 1.49. The average molecular weight is 253 g/mol. The van der Waals surface area contributed by atoms with E-state index in [1.807, 2.05) is 5.38 Å². The first kappa shape index (κ1) is 12.5. The summed E-state index contributed by atoms with van der Waals surface area (Å²) in [6.45, 7) is 2.73. The molecule has 0 aliphatic heterocycles. The molecule has 1 saturated carbocycles. The number of carbonyl (C=O) groups excluding carboxylic acids is 1. The molecule has 0 bridgehead atoms. The van der Waals surface area contributed by atoms with E-state index in [0.29, 0.717) is 6.54 Å². The van der Waals surface area contributed by atoms with Crippen LogP contribution < -0.4 is 11.1 Å². The van der Waals surface area contributed by atoms with Crippen LogP contribution in [0.15, 0.2) is 11.6 Å². The zero-order valence-corrected chi connectivity index (χ0v) is 10.9. The maximum absolute atomic E-state index is 11.9. The van der Waals surface area contributed by atoms with E-state index in [1.165, 1.54) is 0 Å². The summed E-state index contributed by atoms with van der Waals surface area (Å²) in [5, 5.41) is 6.02. The van der Waals surface area contributed by atoms with Crippen molar-refractivity contribution in [3.05, 3.63) is 16.6 Å². The maximum Gasteiger partial charge on any atom is 0.224 e. The summed E-state index contributed by atoms with van der Waals surface area (Å²) < 4.78 is 0. The molecule has 3 atom stereocenters. The summed E-state index contributed by atoms with van der Waals surface area (Å²) in [7, 11) is 0. The van der Waals surface area contributed by atoms with E-state index in [0.717, 1.165) is 24.3 Å². The Morgan fingerprint density at radius 1 is 1.71 bits per heavy atom. The highest BCUT2D eigenvalue weighted by atomic mass is 32.1. The first-order valence-electron chi connectivity index (χ1n) is 6.11. The molecule has 0 spiro atoms. The van der Waals surface area contributed by atoms with Gasteiger partial charge in [0, 0.05) is 30.1 Å². The van der Waals surface area contributed by atoms with Crippen molar-refractivity contribution < 1.29 is 4.79 Å². The van der Waals surface area contributed by atoms with Crippen LogP contribution in [0.4, 0.5) is 0 Å². The Kier molecular flexibility index (Phi) is 4.12. The van der Waals surface area contributed by atoms with Crippen molar-refractivity contribution in [1.29, 1.82) is 0 Å². The molecule has 4 nitrogen and oxygen atoms in total. The molecule has 2 rings (SSSR count). The van der Waals surface area contributed by atoms with Crippen molar-refractivity contribution in [2.75, 3.05) is 6.54 Å². The van der Waals surface area contributed by atoms with Gasteiger partial charge < -0.3 is 11.1 Å². The quantitative estimate of drug-likeness (QED) is 0.854. The van der Waals surface area contributed by atoms with Crippen molar-refractivity contribution in [2.24, 2.45) is 11.7 Å². The number of nitrogens with zero attached hydrogens (tertiary/aromatic N) is 1. The van der Waals surface area contributed by atoms with Gasteiger partial charge in [0.25, 0.3) is 0 Å². The lowest BCUT2D eigenvalue weighted by molar-refractivity contribution is -0.125. The highest BCUT2D eigenvalue weighted by Crippen LogP contribution is 2.24. The molecule has 1 aliphatic rings. The molecule has 3 unspecified atom stereocenters. The van der Waals surface area contributed by atoms with Crippen molar-refractivity contribution in [1.82, 2.24) is 10.3 Å². The number of rotatable bonds is 4. The van der Waals surface area contributed by atoms with Crippen molar-refractivity contribution in [2.45, 2.75) is 38.1 Å². The van der Waals surface area contributed by atoms with Gasteiger partial charge in [0.15, 0.2) is 0 Å². The van der Waals surface area contributed by atoms with Crippen LogP contribution in [0.2, 0.25) is 0 Å². The summed E-state index contributed by atoms with van der Waals surface area (Å²) in [5.74, 6) is 0.397. The van der Waals surface area contributed by atoms with E-state index in [4.69, 9.17) is 5.73 Å². The van der Waals surface area contributed by atoms with E-state index < -0.39 is 0 Å². The van der Waals surface area contributed by atoms with Gasteiger partial charge in [0.05, 0.1) is 10.9 Å². The second kappa shape index (κ2) is 5.60. The Morgan fingerprint density at radius 3 is 3.12 bits per heavy atom. The Morgan fingerprint density at radius 2 is 2.53 bits per heavy atom. The molecule has 0 radical (unpaired) electrons. The summed E-state index contributed by atoms with van der Waals surface area (Å²) in [5.41, 5.74) is 5.91. The van der Waals surface area contributed by atoms with Crippen LogP contribution >= 0.6 is 11.3 Å². The Hall–Kier alpha value is -0.940. The number of nitrogens with two attached hydrogens (primary N) is 1. The van der Waals surface area contributed by atoms with Gasteiger partial charge in [0.2, 0.25) is 5.91 Å². The second-order valence-corrected chi connectivity index (χ2v) is 5.64.